The van der Waals surface area contributed by atoms with Crippen LogP contribution in [0.15, 0.2) is 22.8 Å². The predicted molar refractivity (Wildman–Crippen MR) is 48.9 cm³/mol. The van der Waals surface area contributed by atoms with E-state index < -0.39 is 18.4 Å². The molecule has 0 saturated carbocycles. The molecular formula is C9H12OSn. The van der Waals surface area contributed by atoms with Gasteiger partial charge in [0, 0.05) is 0 Å². The van der Waals surface area contributed by atoms with Crippen molar-refractivity contribution >= 4 is 18.4 Å². The average molecular weight is 255 g/mol. The van der Waals surface area contributed by atoms with Gasteiger partial charge in [-0.15, -0.1) is 0 Å². The third-order valence-corrected chi connectivity index (χ3v) is 3.58. The molecule has 0 aliphatic heterocycles. The van der Waals surface area contributed by atoms with E-state index in [1.54, 1.807) is 6.26 Å². The molecule has 0 saturated heterocycles. The maximum absolute atomic E-state index is 5.09. The Morgan fingerprint density at radius 3 is 2.55 bits per heavy atom. The van der Waals surface area contributed by atoms with Crippen molar-refractivity contribution in [3.8, 4) is 9.86 Å². The van der Waals surface area contributed by atoms with Crippen molar-refractivity contribution in [2.45, 2.75) is 14.8 Å². The summed E-state index contributed by atoms with van der Waals surface area (Å²) in [5.41, 5.74) is 0. The van der Waals surface area contributed by atoms with E-state index in [4.69, 9.17) is 4.42 Å². The molecule has 0 aromatic carbocycles. The molecule has 0 fully saturated rings. The Labute approximate surface area is 71.7 Å². The first-order valence-corrected chi connectivity index (χ1v) is 13.6. The van der Waals surface area contributed by atoms with Crippen LogP contribution in [-0.4, -0.2) is 18.4 Å². The predicted octanol–water partition coefficient (Wildman–Crippen LogP) is 2.51. The van der Waals surface area contributed by atoms with Crippen LogP contribution in [0.25, 0.3) is 0 Å². The van der Waals surface area contributed by atoms with Crippen molar-refractivity contribution < 1.29 is 4.42 Å². The molecule has 1 aromatic rings. The van der Waals surface area contributed by atoms with Crippen molar-refractivity contribution in [2.75, 3.05) is 0 Å². The molecule has 0 amide bonds. The van der Waals surface area contributed by atoms with Gasteiger partial charge in [0.25, 0.3) is 0 Å². The Hall–Kier alpha value is -0.361. The van der Waals surface area contributed by atoms with E-state index in [0.717, 1.165) is 5.76 Å². The average Bonchev–Trinajstić information content (AvgIpc) is 2.32. The van der Waals surface area contributed by atoms with E-state index in [1.807, 2.05) is 12.1 Å². The van der Waals surface area contributed by atoms with Crippen LogP contribution in [0.5, 0.6) is 0 Å². The van der Waals surface area contributed by atoms with Crippen LogP contribution < -0.4 is 0 Å². The molecule has 0 N–H and O–H groups in total. The van der Waals surface area contributed by atoms with Crippen LogP contribution in [0.3, 0.4) is 0 Å². The number of rotatable bonds is 0. The Balaban J connectivity index is 2.74. The van der Waals surface area contributed by atoms with Crippen LogP contribution in [-0.2, 0) is 0 Å². The minimum atomic E-state index is -1.89. The first-order chi connectivity index (χ1) is 5.08. The molecule has 1 nitrogen and oxygen atoms in total. The molecule has 0 radical (unpaired) electrons. The molecule has 11 heavy (non-hydrogen) atoms. The first kappa shape index (κ1) is 8.73. The second-order valence-electron chi connectivity index (χ2n) is 3.48. The van der Waals surface area contributed by atoms with Gasteiger partial charge in [0.05, 0.1) is 0 Å². The van der Waals surface area contributed by atoms with Gasteiger partial charge in [0.2, 0.25) is 0 Å². The van der Waals surface area contributed by atoms with Gasteiger partial charge in [-0.05, 0) is 0 Å². The Bertz CT molecular complexity index is 269. The fraction of sp³-hybridized carbons (Fsp3) is 0.333. The van der Waals surface area contributed by atoms with Crippen molar-refractivity contribution in [1.29, 1.82) is 0 Å². The molecule has 0 bridgehead atoms. The van der Waals surface area contributed by atoms with E-state index in [-0.39, 0.29) is 0 Å². The van der Waals surface area contributed by atoms with Crippen molar-refractivity contribution in [1.82, 2.24) is 0 Å². The summed E-state index contributed by atoms with van der Waals surface area (Å²) in [5, 5.41) is 0. The van der Waals surface area contributed by atoms with Gasteiger partial charge in [-0.3, -0.25) is 0 Å². The van der Waals surface area contributed by atoms with Gasteiger partial charge in [-0.25, -0.2) is 0 Å². The van der Waals surface area contributed by atoms with Crippen molar-refractivity contribution in [2.24, 2.45) is 0 Å². The molecule has 0 aliphatic carbocycles. The summed E-state index contributed by atoms with van der Waals surface area (Å²) in [4.78, 5) is 6.85. The van der Waals surface area contributed by atoms with Gasteiger partial charge < -0.3 is 0 Å². The standard InChI is InChI=1S/C6H3O.3CH3.Sn/c1-2-6-4-3-5-7-6;;;;/h3-5H;3*1H3;. The Kier molecular flexibility index (Phi) is 2.66. The van der Waals surface area contributed by atoms with Crippen molar-refractivity contribution in [3.05, 3.63) is 24.2 Å². The van der Waals surface area contributed by atoms with E-state index in [1.165, 1.54) is 0 Å². The Morgan fingerprint density at radius 1 is 1.36 bits per heavy atom. The summed E-state index contributed by atoms with van der Waals surface area (Å²) in [5.74, 6) is 3.83. The van der Waals surface area contributed by atoms with Gasteiger partial charge in [0.1, 0.15) is 0 Å². The van der Waals surface area contributed by atoms with E-state index in [0.29, 0.717) is 0 Å². The second-order valence-corrected chi connectivity index (χ2v) is 17.0. The third-order valence-electron chi connectivity index (χ3n) is 1.08. The van der Waals surface area contributed by atoms with Crippen LogP contribution in [0, 0.1) is 9.86 Å². The quantitative estimate of drug-likeness (QED) is 0.512. The van der Waals surface area contributed by atoms with Crippen LogP contribution in [0.2, 0.25) is 14.8 Å². The summed E-state index contributed by atoms with van der Waals surface area (Å²) in [6.07, 6.45) is 1.65. The fourth-order valence-electron chi connectivity index (χ4n) is 0.599. The summed E-state index contributed by atoms with van der Waals surface area (Å²) in [7, 11) is 0. The molecule has 0 aliphatic rings. The molecule has 1 heterocycles. The van der Waals surface area contributed by atoms with Crippen LogP contribution in [0.4, 0.5) is 0 Å². The molecule has 0 atom stereocenters. The summed E-state index contributed by atoms with van der Waals surface area (Å²) in [6, 6.07) is 3.76. The van der Waals surface area contributed by atoms with Gasteiger partial charge in [0.15, 0.2) is 0 Å². The summed E-state index contributed by atoms with van der Waals surface area (Å²) in [6.45, 7) is 0. The number of furan rings is 1. The summed E-state index contributed by atoms with van der Waals surface area (Å²) >= 11 is -1.89. The van der Waals surface area contributed by atoms with E-state index in [2.05, 4.69) is 24.7 Å². The minimum absolute atomic E-state index is 0.789. The normalized spacial score (nSPS) is 10.5. The molecule has 0 spiro atoms. The third kappa shape index (κ3) is 3.52. The monoisotopic (exact) mass is 256 g/mol. The number of hydrogen-bond acceptors (Lipinski definition) is 1. The molecule has 1 aromatic heterocycles. The van der Waals surface area contributed by atoms with Gasteiger partial charge >= 0.3 is 71.6 Å². The zero-order valence-electron chi connectivity index (χ0n) is 7.14. The van der Waals surface area contributed by atoms with E-state index in [9.17, 15) is 0 Å². The molecule has 0 unspecified atom stereocenters. The second kappa shape index (κ2) is 3.36. The zero-order chi connectivity index (χ0) is 8.32. The number of hydrogen-bond donors (Lipinski definition) is 0. The van der Waals surface area contributed by atoms with Crippen molar-refractivity contribution in [3.63, 3.8) is 0 Å². The SMILES string of the molecule is [CH3][Sn]([CH3])([CH3])[C]#Cc1ccco1. The van der Waals surface area contributed by atoms with E-state index >= 15 is 0 Å². The summed E-state index contributed by atoms with van der Waals surface area (Å²) < 4.78 is 8.38. The molecule has 58 valence electrons. The fourth-order valence-corrected chi connectivity index (χ4v) is 2.02. The molecular weight excluding hydrogens is 243 g/mol. The zero-order valence-corrected chi connectivity index (χ0v) is 9.99. The topological polar surface area (TPSA) is 13.1 Å². The maximum atomic E-state index is 5.09. The Morgan fingerprint density at radius 2 is 2.09 bits per heavy atom. The van der Waals surface area contributed by atoms with Gasteiger partial charge in [-0.2, -0.15) is 0 Å². The molecule has 1 rings (SSSR count). The van der Waals surface area contributed by atoms with Gasteiger partial charge in [-0.1, -0.05) is 0 Å². The molecule has 2 heteroatoms. The van der Waals surface area contributed by atoms with Crippen LogP contribution in [0.1, 0.15) is 5.76 Å². The van der Waals surface area contributed by atoms with Crippen LogP contribution >= 0.6 is 0 Å². The first-order valence-electron chi connectivity index (χ1n) is 3.65.